The zero-order valence-corrected chi connectivity index (χ0v) is 12.3. The molecule has 3 nitrogen and oxygen atoms in total. The van der Waals surface area contributed by atoms with Crippen LogP contribution in [0.15, 0.2) is 53.1 Å². The molecule has 1 saturated heterocycles. The molecule has 0 saturated carbocycles. The molecule has 0 atom stereocenters. The van der Waals surface area contributed by atoms with Gasteiger partial charge in [0.1, 0.15) is 5.82 Å². The largest absolute Gasteiger partial charge is 0.368 e. The van der Waals surface area contributed by atoms with Crippen molar-refractivity contribution in [2.75, 3.05) is 36.0 Å². The Balaban J connectivity index is 1.67. The minimum atomic E-state index is 1.01. The summed E-state index contributed by atoms with van der Waals surface area (Å²) in [5, 5.41) is 0. The van der Waals surface area contributed by atoms with Crippen molar-refractivity contribution in [1.29, 1.82) is 0 Å². The molecule has 1 aromatic carbocycles. The van der Waals surface area contributed by atoms with Crippen molar-refractivity contribution >= 4 is 27.4 Å². The lowest BCUT2D eigenvalue weighted by molar-refractivity contribution is 0.647. The van der Waals surface area contributed by atoms with Gasteiger partial charge in [-0.2, -0.15) is 0 Å². The Morgan fingerprint density at radius 2 is 1.58 bits per heavy atom. The lowest BCUT2D eigenvalue weighted by Gasteiger charge is -2.36. The third-order valence-electron chi connectivity index (χ3n) is 3.43. The van der Waals surface area contributed by atoms with Gasteiger partial charge >= 0.3 is 0 Å². The van der Waals surface area contributed by atoms with Crippen LogP contribution in [0, 0.1) is 0 Å². The summed E-state index contributed by atoms with van der Waals surface area (Å²) in [6.07, 6.45) is 1.85. The SMILES string of the molecule is Brc1ccnc(N2CCN(c3ccccc3)CC2)c1. The normalized spacial score (nSPS) is 15.6. The van der Waals surface area contributed by atoms with Crippen LogP contribution in [-0.2, 0) is 0 Å². The number of hydrogen-bond donors (Lipinski definition) is 0. The van der Waals surface area contributed by atoms with Gasteiger partial charge in [0.05, 0.1) is 0 Å². The molecule has 1 aliphatic rings. The highest BCUT2D eigenvalue weighted by Crippen LogP contribution is 2.21. The van der Waals surface area contributed by atoms with Crippen molar-refractivity contribution in [3.05, 3.63) is 53.1 Å². The van der Waals surface area contributed by atoms with E-state index in [0.29, 0.717) is 0 Å². The summed E-state index contributed by atoms with van der Waals surface area (Å²) in [5.41, 5.74) is 1.31. The van der Waals surface area contributed by atoms with Crippen LogP contribution < -0.4 is 9.80 Å². The zero-order chi connectivity index (χ0) is 13.1. The zero-order valence-electron chi connectivity index (χ0n) is 10.7. The van der Waals surface area contributed by atoms with Gasteiger partial charge in [0.25, 0.3) is 0 Å². The van der Waals surface area contributed by atoms with Crippen LogP contribution in [0.5, 0.6) is 0 Å². The Kier molecular flexibility index (Phi) is 3.69. The first kappa shape index (κ1) is 12.5. The highest BCUT2D eigenvalue weighted by Gasteiger charge is 2.18. The van der Waals surface area contributed by atoms with Gasteiger partial charge in [0, 0.05) is 42.5 Å². The Bertz CT molecular complexity index is 536. The highest BCUT2D eigenvalue weighted by molar-refractivity contribution is 9.10. The van der Waals surface area contributed by atoms with Gasteiger partial charge in [-0.15, -0.1) is 0 Å². The predicted octanol–water partition coefficient (Wildman–Crippen LogP) is 3.17. The summed E-state index contributed by atoms with van der Waals surface area (Å²) >= 11 is 3.50. The average molecular weight is 318 g/mol. The maximum Gasteiger partial charge on any atom is 0.129 e. The van der Waals surface area contributed by atoms with E-state index in [4.69, 9.17) is 0 Å². The van der Waals surface area contributed by atoms with Crippen LogP contribution in [0.1, 0.15) is 0 Å². The minimum absolute atomic E-state index is 1.01. The summed E-state index contributed by atoms with van der Waals surface area (Å²) in [4.78, 5) is 9.20. The molecule has 1 aromatic heterocycles. The summed E-state index contributed by atoms with van der Waals surface area (Å²) in [6, 6.07) is 14.6. The second-order valence-electron chi connectivity index (χ2n) is 4.64. The van der Waals surface area contributed by atoms with Gasteiger partial charge in [-0.05, 0) is 24.3 Å². The molecule has 2 aromatic rings. The molecule has 0 bridgehead atoms. The summed E-state index contributed by atoms with van der Waals surface area (Å²) in [6.45, 7) is 4.10. The van der Waals surface area contributed by atoms with Gasteiger partial charge in [-0.25, -0.2) is 4.98 Å². The molecule has 2 heterocycles. The number of rotatable bonds is 2. The molecule has 19 heavy (non-hydrogen) atoms. The van der Waals surface area contributed by atoms with E-state index in [1.54, 1.807) is 0 Å². The quantitative estimate of drug-likeness (QED) is 0.848. The Morgan fingerprint density at radius 1 is 0.895 bits per heavy atom. The smallest absolute Gasteiger partial charge is 0.129 e. The van der Waals surface area contributed by atoms with Crippen molar-refractivity contribution in [3.63, 3.8) is 0 Å². The number of pyridine rings is 1. The fourth-order valence-electron chi connectivity index (χ4n) is 2.40. The van der Waals surface area contributed by atoms with Crippen molar-refractivity contribution < 1.29 is 0 Å². The molecule has 4 heteroatoms. The molecule has 0 N–H and O–H groups in total. The summed E-state index contributed by atoms with van der Waals surface area (Å²) < 4.78 is 1.09. The van der Waals surface area contributed by atoms with Gasteiger partial charge in [-0.1, -0.05) is 34.1 Å². The Labute approximate surface area is 122 Å². The molecular formula is C15H16BrN3. The molecule has 0 spiro atoms. The molecule has 3 rings (SSSR count). The van der Waals surface area contributed by atoms with Crippen LogP contribution in [-0.4, -0.2) is 31.2 Å². The molecule has 1 aliphatic heterocycles. The maximum absolute atomic E-state index is 4.44. The molecule has 1 fully saturated rings. The summed E-state index contributed by atoms with van der Waals surface area (Å²) in [5.74, 6) is 1.06. The first-order valence-electron chi connectivity index (χ1n) is 6.49. The summed E-state index contributed by atoms with van der Waals surface area (Å²) in [7, 11) is 0. The number of halogens is 1. The van der Waals surface area contributed by atoms with Crippen molar-refractivity contribution in [2.45, 2.75) is 0 Å². The van der Waals surface area contributed by atoms with Crippen LogP contribution >= 0.6 is 15.9 Å². The average Bonchev–Trinajstić information content (AvgIpc) is 2.48. The molecule has 0 amide bonds. The van der Waals surface area contributed by atoms with E-state index in [0.717, 1.165) is 36.5 Å². The predicted molar refractivity (Wildman–Crippen MR) is 82.8 cm³/mol. The fraction of sp³-hybridized carbons (Fsp3) is 0.267. The van der Waals surface area contributed by atoms with Crippen LogP contribution in [0.3, 0.4) is 0 Å². The first-order chi connectivity index (χ1) is 9.33. The van der Waals surface area contributed by atoms with E-state index in [1.807, 2.05) is 12.3 Å². The van der Waals surface area contributed by atoms with E-state index >= 15 is 0 Å². The van der Waals surface area contributed by atoms with E-state index in [9.17, 15) is 0 Å². The number of anilines is 2. The number of aromatic nitrogens is 1. The first-order valence-corrected chi connectivity index (χ1v) is 7.29. The number of para-hydroxylation sites is 1. The number of benzene rings is 1. The molecule has 0 radical (unpaired) electrons. The number of piperazine rings is 1. The lowest BCUT2D eigenvalue weighted by atomic mass is 10.2. The third-order valence-corrected chi connectivity index (χ3v) is 3.93. The van der Waals surface area contributed by atoms with E-state index in [2.05, 4.69) is 67.1 Å². The second-order valence-corrected chi connectivity index (χ2v) is 5.56. The van der Waals surface area contributed by atoms with Crippen molar-refractivity contribution in [3.8, 4) is 0 Å². The third kappa shape index (κ3) is 2.89. The van der Waals surface area contributed by atoms with Crippen molar-refractivity contribution in [2.24, 2.45) is 0 Å². The van der Waals surface area contributed by atoms with Gasteiger partial charge in [-0.3, -0.25) is 0 Å². The molecule has 0 unspecified atom stereocenters. The van der Waals surface area contributed by atoms with Crippen molar-refractivity contribution in [1.82, 2.24) is 4.98 Å². The standard InChI is InChI=1S/C15H16BrN3/c16-13-6-7-17-15(12-13)19-10-8-18(9-11-19)14-4-2-1-3-5-14/h1-7,12H,8-11H2. The second kappa shape index (κ2) is 5.61. The van der Waals surface area contributed by atoms with E-state index < -0.39 is 0 Å². The van der Waals surface area contributed by atoms with Gasteiger partial charge < -0.3 is 9.80 Å². The monoisotopic (exact) mass is 317 g/mol. The van der Waals surface area contributed by atoms with Crippen LogP contribution in [0.4, 0.5) is 11.5 Å². The Morgan fingerprint density at radius 3 is 2.26 bits per heavy atom. The highest BCUT2D eigenvalue weighted by atomic mass is 79.9. The fourth-order valence-corrected chi connectivity index (χ4v) is 2.72. The van der Waals surface area contributed by atoms with Gasteiger partial charge in [0.15, 0.2) is 0 Å². The van der Waals surface area contributed by atoms with E-state index in [-0.39, 0.29) is 0 Å². The Hall–Kier alpha value is -1.55. The lowest BCUT2D eigenvalue weighted by Crippen LogP contribution is -2.46. The molecule has 98 valence electrons. The van der Waals surface area contributed by atoms with Crippen LogP contribution in [0.2, 0.25) is 0 Å². The topological polar surface area (TPSA) is 19.4 Å². The van der Waals surface area contributed by atoms with Crippen LogP contribution in [0.25, 0.3) is 0 Å². The van der Waals surface area contributed by atoms with E-state index in [1.165, 1.54) is 5.69 Å². The number of nitrogens with zero attached hydrogens (tertiary/aromatic N) is 3. The number of hydrogen-bond acceptors (Lipinski definition) is 3. The minimum Gasteiger partial charge on any atom is -0.368 e. The molecule has 0 aliphatic carbocycles. The molecular weight excluding hydrogens is 302 g/mol. The maximum atomic E-state index is 4.44. The van der Waals surface area contributed by atoms with Gasteiger partial charge in [0.2, 0.25) is 0 Å².